The number of aryl methyl sites for hydroxylation is 1. The van der Waals surface area contributed by atoms with Crippen LogP contribution < -0.4 is 5.32 Å². The Morgan fingerprint density at radius 1 is 1.32 bits per heavy atom. The van der Waals surface area contributed by atoms with Crippen molar-refractivity contribution in [1.29, 1.82) is 0 Å². The number of pyridine rings is 1. The highest BCUT2D eigenvalue weighted by molar-refractivity contribution is 5.27. The van der Waals surface area contributed by atoms with E-state index in [4.69, 9.17) is 0 Å². The van der Waals surface area contributed by atoms with Crippen LogP contribution in [0, 0.1) is 5.92 Å². The van der Waals surface area contributed by atoms with E-state index in [9.17, 15) is 0 Å². The molecule has 2 rings (SSSR count). The van der Waals surface area contributed by atoms with Crippen molar-refractivity contribution in [2.45, 2.75) is 64.8 Å². The maximum absolute atomic E-state index is 4.28. The molecule has 0 aromatic carbocycles. The molecule has 2 nitrogen and oxygen atoms in total. The molecule has 0 saturated heterocycles. The maximum atomic E-state index is 4.28. The number of nitrogens with one attached hydrogen (secondary N) is 1. The topological polar surface area (TPSA) is 24.9 Å². The summed E-state index contributed by atoms with van der Waals surface area (Å²) in [5.41, 5.74) is 2.90. The van der Waals surface area contributed by atoms with Crippen LogP contribution in [0.2, 0.25) is 0 Å². The fraction of sp³-hybridized carbons (Fsp3) is 0.706. The monoisotopic (exact) mass is 260 g/mol. The zero-order chi connectivity index (χ0) is 13.5. The van der Waals surface area contributed by atoms with Gasteiger partial charge < -0.3 is 5.32 Å². The molecule has 106 valence electrons. The first-order valence-electron chi connectivity index (χ1n) is 8.01. The van der Waals surface area contributed by atoms with Gasteiger partial charge in [0.15, 0.2) is 0 Å². The lowest BCUT2D eigenvalue weighted by molar-refractivity contribution is 0.393. The Morgan fingerprint density at radius 3 is 2.79 bits per heavy atom. The predicted octanol–water partition coefficient (Wildman–Crippen LogP) is 4.27. The molecule has 1 atom stereocenters. The van der Waals surface area contributed by atoms with E-state index >= 15 is 0 Å². The van der Waals surface area contributed by atoms with Crippen molar-refractivity contribution >= 4 is 0 Å². The molecule has 0 bridgehead atoms. The number of rotatable bonds is 7. The van der Waals surface area contributed by atoms with Crippen molar-refractivity contribution in [3.05, 3.63) is 29.6 Å². The number of hydrogen-bond donors (Lipinski definition) is 1. The molecule has 19 heavy (non-hydrogen) atoms. The average molecular weight is 260 g/mol. The van der Waals surface area contributed by atoms with Crippen LogP contribution in [-0.4, -0.2) is 11.5 Å². The van der Waals surface area contributed by atoms with Gasteiger partial charge >= 0.3 is 0 Å². The van der Waals surface area contributed by atoms with E-state index in [0.29, 0.717) is 6.04 Å². The number of hydrogen-bond acceptors (Lipinski definition) is 2. The Hall–Kier alpha value is -0.890. The highest BCUT2D eigenvalue weighted by atomic mass is 14.9. The molecule has 2 heteroatoms. The summed E-state index contributed by atoms with van der Waals surface area (Å²) in [6.45, 7) is 5.59. The third-order valence-electron chi connectivity index (χ3n) is 4.38. The minimum absolute atomic E-state index is 0.529. The molecule has 0 amide bonds. The molecular formula is C17H28N2. The molecule has 1 fully saturated rings. The Balaban J connectivity index is 2.10. The molecule has 1 aliphatic carbocycles. The summed E-state index contributed by atoms with van der Waals surface area (Å²) < 4.78 is 0. The van der Waals surface area contributed by atoms with Crippen molar-refractivity contribution in [1.82, 2.24) is 10.3 Å². The standard InChI is InChI=1S/C17H28N2/c1-3-10-19-17(12-14-7-5-6-8-14)16-9-11-18-13-15(16)4-2/h9,11,13-14,17,19H,3-8,10,12H2,1-2H3. The van der Waals surface area contributed by atoms with Crippen molar-refractivity contribution < 1.29 is 0 Å². The van der Waals surface area contributed by atoms with Crippen LogP contribution in [-0.2, 0) is 6.42 Å². The molecule has 0 spiro atoms. The van der Waals surface area contributed by atoms with Crippen LogP contribution in [0.1, 0.15) is 69.5 Å². The summed E-state index contributed by atoms with van der Waals surface area (Å²) in [5, 5.41) is 3.76. The molecule has 1 aromatic heterocycles. The first-order chi connectivity index (χ1) is 9.35. The van der Waals surface area contributed by atoms with E-state index in [-0.39, 0.29) is 0 Å². The molecule has 1 saturated carbocycles. The summed E-state index contributed by atoms with van der Waals surface area (Å²) >= 11 is 0. The van der Waals surface area contributed by atoms with Gasteiger partial charge in [-0.3, -0.25) is 4.98 Å². The van der Waals surface area contributed by atoms with E-state index in [1.54, 1.807) is 0 Å². The second kappa shape index (κ2) is 7.64. The SMILES string of the molecule is CCCNC(CC1CCCC1)c1ccncc1CC. The Kier molecular flexibility index (Phi) is 5.84. The Morgan fingerprint density at radius 2 is 2.11 bits per heavy atom. The fourth-order valence-corrected chi connectivity index (χ4v) is 3.29. The molecule has 1 N–H and O–H groups in total. The fourth-order valence-electron chi connectivity index (χ4n) is 3.29. The van der Waals surface area contributed by atoms with Crippen LogP contribution in [0.15, 0.2) is 18.5 Å². The summed E-state index contributed by atoms with van der Waals surface area (Å²) in [6.07, 6.45) is 13.3. The van der Waals surface area contributed by atoms with Gasteiger partial charge in [-0.25, -0.2) is 0 Å². The molecule has 1 aliphatic rings. The molecule has 1 aromatic rings. The average Bonchev–Trinajstić information content (AvgIpc) is 2.96. The Labute approximate surface area is 118 Å². The van der Waals surface area contributed by atoms with Crippen LogP contribution in [0.25, 0.3) is 0 Å². The van der Waals surface area contributed by atoms with Crippen molar-refractivity contribution in [3.8, 4) is 0 Å². The molecule has 0 radical (unpaired) electrons. The summed E-state index contributed by atoms with van der Waals surface area (Å²) in [5.74, 6) is 0.923. The van der Waals surface area contributed by atoms with Gasteiger partial charge in [0.2, 0.25) is 0 Å². The lowest BCUT2D eigenvalue weighted by atomic mass is 9.91. The minimum Gasteiger partial charge on any atom is -0.310 e. The van der Waals surface area contributed by atoms with E-state index in [0.717, 1.165) is 18.9 Å². The third-order valence-corrected chi connectivity index (χ3v) is 4.38. The zero-order valence-corrected chi connectivity index (χ0v) is 12.5. The van der Waals surface area contributed by atoms with Crippen LogP contribution in [0.5, 0.6) is 0 Å². The van der Waals surface area contributed by atoms with E-state index in [1.807, 2.05) is 12.4 Å². The summed E-state index contributed by atoms with van der Waals surface area (Å²) in [7, 11) is 0. The second-order valence-electron chi connectivity index (χ2n) is 5.82. The maximum Gasteiger partial charge on any atom is 0.0326 e. The smallest absolute Gasteiger partial charge is 0.0326 e. The normalized spacial score (nSPS) is 17.8. The van der Waals surface area contributed by atoms with Gasteiger partial charge in [0, 0.05) is 18.4 Å². The predicted molar refractivity (Wildman–Crippen MR) is 81.2 cm³/mol. The summed E-state index contributed by atoms with van der Waals surface area (Å²) in [4.78, 5) is 4.28. The van der Waals surface area contributed by atoms with Gasteiger partial charge in [-0.05, 0) is 48.9 Å². The number of aromatic nitrogens is 1. The van der Waals surface area contributed by atoms with Crippen molar-refractivity contribution in [2.75, 3.05) is 6.54 Å². The quantitative estimate of drug-likeness (QED) is 0.792. The zero-order valence-electron chi connectivity index (χ0n) is 12.5. The largest absolute Gasteiger partial charge is 0.310 e. The van der Waals surface area contributed by atoms with E-state index in [2.05, 4.69) is 30.2 Å². The summed E-state index contributed by atoms with van der Waals surface area (Å²) in [6, 6.07) is 2.75. The van der Waals surface area contributed by atoms with Crippen LogP contribution in [0.4, 0.5) is 0 Å². The lowest BCUT2D eigenvalue weighted by Gasteiger charge is -2.24. The molecule has 1 unspecified atom stereocenters. The van der Waals surface area contributed by atoms with Gasteiger partial charge in [-0.15, -0.1) is 0 Å². The highest BCUT2D eigenvalue weighted by Crippen LogP contribution is 2.33. The van der Waals surface area contributed by atoms with Gasteiger partial charge in [-0.2, -0.15) is 0 Å². The Bertz CT molecular complexity index is 369. The minimum atomic E-state index is 0.529. The molecule has 1 heterocycles. The lowest BCUT2D eigenvalue weighted by Crippen LogP contribution is -2.25. The van der Waals surface area contributed by atoms with Gasteiger partial charge in [-0.1, -0.05) is 39.5 Å². The van der Waals surface area contributed by atoms with Crippen LogP contribution in [0.3, 0.4) is 0 Å². The first kappa shape index (κ1) is 14.5. The van der Waals surface area contributed by atoms with Crippen molar-refractivity contribution in [2.24, 2.45) is 5.92 Å². The highest BCUT2D eigenvalue weighted by Gasteiger charge is 2.22. The van der Waals surface area contributed by atoms with Gasteiger partial charge in [0.05, 0.1) is 0 Å². The van der Waals surface area contributed by atoms with Gasteiger partial charge in [0.25, 0.3) is 0 Å². The van der Waals surface area contributed by atoms with Gasteiger partial charge in [0.1, 0.15) is 0 Å². The van der Waals surface area contributed by atoms with E-state index in [1.165, 1.54) is 49.7 Å². The number of nitrogens with zero attached hydrogens (tertiary/aromatic N) is 1. The first-order valence-corrected chi connectivity index (χ1v) is 8.01. The third kappa shape index (κ3) is 4.04. The molecular weight excluding hydrogens is 232 g/mol. The second-order valence-corrected chi connectivity index (χ2v) is 5.82. The molecule has 0 aliphatic heterocycles. The van der Waals surface area contributed by atoms with Crippen molar-refractivity contribution in [3.63, 3.8) is 0 Å². The van der Waals surface area contributed by atoms with Crippen LogP contribution >= 0.6 is 0 Å². The van der Waals surface area contributed by atoms with E-state index < -0.39 is 0 Å².